The first-order chi connectivity index (χ1) is 12.4. The molecule has 0 aliphatic carbocycles. The summed E-state index contributed by atoms with van der Waals surface area (Å²) in [5.41, 5.74) is 4.19. The molecule has 0 radical (unpaired) electrons. The molecule has 1 N–H and O–H groups in total. The first-order valence-electron chi connectivity index (χ1n) is 8.05. The average Bonchev–Trinajstić information content (AvgIpc) is 3.19. The molecule has 0 fully saturated rings. The molecule has 5 nitrogen and oxygen atoms in total. The Morgan fingerprint density at radius 2 is 1.92 bits per heavy atom. The molecule has 0 saturated heterocycles. The van der Waals surface area contributed by atoms with Crippen molar-refractivity contribution in [3.05, 3.63) is 71.4 Å². The fraction of sp³-hybridized carbons (Fsp3) is 0.105. The van der Waals surface area contributed by atoms with Gasteiger partial charge in [-0.2, -0.15) is 0 Å². The molecule has 26 heavy (non-hydrogen) atoms. The number of nitrogens with zero attached hydrogens (tertiary/aromatic N) is 2. The molecule has 4 aromatic rings. The molecule has 2 aromatic carbocycles. The van der Waals surface area contributed by atoms with Gasteiger partial charge in [-0.15, -0.1) is 11.3 Å². The van der Waals surface area contributed by atoms with E-state index in [2.05, 4.69) is 9.71 Å². The van der Waals surface area contributed by atoms with Gasteiger partial charge in [0.2, 0.25) is 0 Å². The van der Waals surface area contributed by atoms with Crippen LogP contribution < -0.4 is 4.72 Å². The number of imidazole rings is 1. The largest absolute Gasteiger partial charge is 0.297 e. The summed E-state index contributed by atoms with van der Waals surface area (Å²) in [6, 6.07) is 12.4. The number of aromatic nitrogens is 2. The van der Waals surface area contributed by atoms with Gasteiger partial charge in [0, 0.05) is 29.0 Å². The molecular weight excluding hydrogens is 366 g/mol. The van der Waals surface area contributed by atoms with E-state index in [1.54, 1.807) is 35.6 Å². The first kappa shape index (κ1) is 16.8. The van der Waals surface area contributed by atoms with Gasteiger partial charge in [-0.1, -0.05) is 18.2 Å². The van der Waals surface area contributed by atoms with Gasteiger partial charge in [0.05, 0.1) is 10.6 Å². The third-order valence-corrected chi connectivity index (χ3v) is 6.44. The van der Waals surface area contributed by atoms with Gasteiger partial charge < -0.3 is 0 Å². The maximum absolute atomic E-state index is 12.7. The van der Waals surface area contributed by atoms with Crippen LogP contribution >= 0.6 is 11.3 Å². The number of aryl methyl sites for hydroxylation is 2. The Hall–Kier alpha value is -2.64. The smallest absolute Gasteiger partial charge is 0.261 e. The molecule has 0 atom stereocenters. The van der Waals surface area contributed by atoms with Crippen LogP contribution in [0.4, 0.5) is 5.69 Å². The lowest BCUT2D eigenvalue weighted by atomic mass is 10.1. The van der Waals surface area contributed by atoms with Crippen LogP contribution in [0.1, 0.15) is 11.1 Å². The lowest BCUT2D eigenvalue weighted by Crippen LogP contribution is -2.13. The second kappa shape index (κ2) is 6.26. The van der Waals surface area contributed by atoms with Crippen molar-refractivity contribution in [3.8, 4) is 11.3 Å². The fourth-order valence-corrected chi connectivity index (χ4v) is 4.54. The van der Waals surface area contributed by atoms with Gasteiger partial charge in [0.15, 0.2) is 4.96 Å². The lowest BCUT2D eigenvalue weighted by molar-refractivity contribution is 0.601. The molecule has 0 saturated carbocycles. The summed E-state index contributed by atoms with van der Waals surface area (Å²) in [5, 5.41) is 1.97. The van der Waals surface area contributed by atoms with Crippen molar-refractivity contribution in [1.29, 1.82) is 0 Å². The number of nitrogens with one attached hydrogen (secondary N) is 1. The van der Waals surface area contributed by atoms with Crippen LogP contribution in [0.15, 0.2) is 65.1 Å². The summed E-state index contributed by atoms with van der Waals surface area (Å²) < 4.78 is 30.0. The Bertz CT molecular complexity index is 1180. The maximum atomic E-state index is 12.7. The summed E-state index contributed by atoms with van der Waals surface area (Å²) in [5.74, 6) is 0. The van der Waals surface area contributed by atoms with Crippen molar-refractivity contribution in [3.63, 3.8) is 0 Å². The van der Waals surface area contributed by atoms with Crippen LogP contribution in [-0.2, 0) is 10.0 Å². The van der Waals surface area contributed by atoms with Crippen molar-refractivity contribution in [2.24, 2.45) is 0 Å². The third-order valence-electron chi connectivity index (χ3n) is 4.29. The van der Waals surface area contributed by atoms with Crippen molar-refractivity contribution in [2.75, 3.05) is 4.72 Å². The standard InChI is InChI=1S/C19H17N3O2S2/c1-13-6-7-17(10-14(13)2)26(23,24)21-16-5-3-4-15(11-16)18-12-22-8-9-25-19(22)20-18/h3-12,21H,1-2H3. The quantitative estimate of drug-likeness (QED) is 0.565. The van der Waals surface area contributed by atoms with E-state index in [0.717, 1.165) is 27.3 Å². The number of anilines is 1. The fourth-order valence-electron chi connectivity index (χ4n) is 2.70. The van der Waals surface area contributed by atoms with E-state index in [1.165, 1.54) is 0 Å². The van der Waals surface area contributed by atoms with Crippen LogP contribution in [0, 0.1) is 13.8 Å². The molecule has 0 amide bonds. The van der Waals surface area contributed by atoms with Crippen LogP contribution in [0.2, 0.25) is 0 Å². The zero-order valence-electron chi connectivity index (χ0n) is 14.3. The summed E-state index contributed by atoms with van der Waals surface area (Å²) in [4.78, 5) is 5.73. The molecule has 0 aliphatic heterocycles. The zero-order chi connectivity index (χ0) is 18.3. The van der Waals surface area contributed by atoms with Crippen LogP contribution in [0.3, 0.4) is 0 Å². The molecule has 2 aromatic heterocycles. The molecular formula is C19H17N3O2S2. The Balaban J connectivity index is 1.66. The monoisotopic (exact) mass is 383 g/mol. The van der Waals surface area contributed by atoms with E-state index in [0.29, 0.717) is 5.69 Å². The van der Waals surface area contributed by atoms with E-state index in [9.17, 15) is 8.42 Å². The minimum absolute atomic E-state index is 0.258. The van der Waals surface area contributed by atoms with E-state index in [4.69, 9.17) is 0 Å². The molecule has 0 unspecified atom stereocenters. The Kier molecular flexibility index (Phi) is 4.05. The Morgan fingerprint density at radius 3 is 2.69 bits per heavy atom. The minimum atomic E-state index is -3.64. The Labute approximate surface area is 156 Å². The number of hydrogen-bond acceptors (Lipinski definition) is 4. The molecule has 132 valence electrons. The number of thiazole rings is 1. The average molecular weight is 383 g/mol. The van der Waals surface area contributed by atoms with Crippen LogP contribution in [-0.4, -0.2) is 17.8 Å². The summed E-state index contributed by atoms with van der Waals surface area (Å²) in [7, 11) is -3.64. The van der Waals surface area contributed by atoms with Crippen molar-refractivity contribution in [2.45, 2.75) is 18.7 Å². The van der Waals surface area contributed by atoms with Gasteiger partial charge >= 0.3 is 0 Å². The molecule has 0 aliphatic rings. The number of hydrogen-bond donors (Lipinski definition) is 1. The van der Waals surface area contributed by atoms with Crippen molar-refractivity contribution < 1.29 is 8.42 Å². The number of fused-ring (bicyclic) bond motifs is 1. The molecule has 7 heteroatoms. The zero-order valence-corrected chi connectivity index (χ0v) is 15.9. The summed E-state index contributed by atoms with van der Waals surface area (Å²) in [6.07, 6.45) is 3.88. The SMILES string of the molecule is Cc1ccc(S(=O)(=O)Nc2cccc(-c3cn4ccsc4n3)c2)cc1C. The van der Waals surface area contributed by atoms with Gasteiger partial charge in [-0.25, -0.2) is 13.4 Å². The van der Waals surface area contributed by atoms with E-state index in [1.807, 2.05) is 54.2 Å². The third kappa shape index (κ3) is 3.11. The maximum Gasteiger partial charge on any atom is 0.261 e. The molecule has 0 spiro atoms. The predicted octanol–water partition coefficient (Wildman–Crippen LogP) is 4.48. The molecule has 4 rings (SSSR count). The number of rotatable bonds is 4. The molecule has 2 heterocycles. The summed E-state index contributed by atoms with van der Waals surface area (Å²) in [6.45, 7) is 3.86. The van der Waals surface area contributed by atoms with Gasteiger partial charge in [-0.05, 0) is 49.2 Å². The number of benzene rings is 2. The normalized spacial score (nSPS) is 11.8. The highest BCUT2D eigenvalue weighted by Crippen LogP contribution is 2.25. The first-order valence-corrected chi connectivity index (χ1v) is 10.4. The summed E-state index contributed by atoms with van der Waals surface area (Å²) >= 11 is 1.56. The van der Waals surface area contributed by atoms with Gasteiger partial charge in [0.25, 0.3) is 10.0 Å². The lowest BCUT2D eigenvalue weighted by Gasteiger charge is -2.10. The minimum Gasteiger partial charge on any atom is -0.297 e. The number of sulfonamides is 1. The second-order valence-electron chi connectivity index (χ2n) is 6.15. The predicted molar refractivity (Wildman–Crippen MR) is 105 cm³/mol. The van der Waals surface area contributed by atoms with Crippen molar-refractivity contribution in [1.82, 2.24) is 9.38 Å². The van der Waals surface area contributed by atoms with E-state index >= 15 is 0 Å². The highest BCUT2D eigenvalue weighted by molar-refractivity contribution is 7.92. The van der Waals surface area contributed by atoms with Gasteiger partial charge in [0.1, 0.15) is 0 Å². The van der Waals surface area contributed by atoms with E-state index < -0.39 is 10.0 Å². The highest BCUT2D eigenvalue weighted by atomic mass is 32.2. The van der Waals surface area contributed by atoms with Crippen LogP contribution in [0.5, 0.6) is 0 Å². The highest BCUT2D eigenvalue weighted by Gasteiger charge is 2.15. The van der Waals surface area contributed by atoms with Crippen LogP contribution in [0.25, 0.3) is 16.2 Å². The molecule has 0 bridgehead atoms. The van der Waals surface area contributed by atoms with E-state index in [-0.39, 0.29) is 4.90 Å². The van der Waals surface area contributed by atoms with Gasteiger partial charge in [-0.3, -0.25) is 9.12 Å². The Morgan fingerprint density at radius 1 is 1.08 bits per heavy atom. The van der Waals surface area contributed by atoms with Crippen molar-refractivity contribution >= 4 is 32.0 Å². The topological polar surface area (TPSA) is 63.5 Å². The second-order valence-corrected chi connectivity index (χ2v) is 8.71.